The van der Waals surface area contributed by atoms with Crippen LogP contribution in [-0.2, 0) is 19.1 Å². The summed E-state index contributed by atoms with van der Waals surface area (Å²) in [7, 11) is 2.63. The van der Waals surface area contributed by atoms with Crippen LogP contribution < -0.4 is 5.32 Å². The number of methoxy groups -OCH3 is 1. The first kappa shape index (κ1) is 20.9. The zero-order valence-electron chi connectivity index (χ0n) is 13.6. The van der Waals surface area contributed by atoms with E-state index in [1.54, 1.807) is 7.05 Å². The Morgan fingerprint density at radius 2 is 2.04 bits per heavy atom. The number of carboxylic acids is 1. The normalized spacial score (nSPS) is 33.0. The van der Waals surface area contributed by atoms with E-state index in [4.69, 9.17) is 14.6 Å². The van der Waals surface area contributed by atoms with Crippen LogP contribution in [0, 0.1) is 5.92 Å². The lowest BCUT2D eigenvalue weighted by molar-refractivity contribution is -0.312. The maximum atomic E-state index is 11.9. The second-order valence-electron chi connectivity index (χ2n) is 5.79. The molecule has 6 atom stereocenters. The number of ether oxygens (including phenoxy) is 2. The SMILES string of the molecule is CNCC(=O)CC1C(O)CC(OC)(C(=O)O)OC1C(O)C(O)CO. The van der Waals surface area contributed by atoms with E-state index >= 15 is 0 Å². The maximum Gasteiger partial charge on any atom is 0.364 e. The highest BCUT2D eigenvalue weighted by molar-refractivity contribution is 5.81. The van der Waals surface area contributed by atoms with Crippen molar-refractivity contribution >= 4 is 11.8 Å². The fourth-order valence-electron chi connectivity index (χ4n) is 2.79. The summed E-state index contributed by atoms with van der Waals surface area (Å²) < 4.78 is 10.2. The van der Waals surface area contributed by atoms with Crippen LogP contribution in [0.2, 0.25) is 0 Å². The summed E-state index contributed by atoms with van der Waals surface area (Å²) in [5.74, 6) is -4.99. The van der Waals surface area contributed by atoms with Gasteiger partial charge in [0.2, 0.25) is 0 Å². The van der Waals surface area contributed by atoms with E-state index in [0.717, 1.165) is 7.11 Å². The number of carbonyl (C=O) groups excluding carboxylic acids is 1. The molecule has 0 bridgehead atoms. The Morgan fingerprint density at radius 3 is 2.50 bits per heavy atom. The number of aliphatic carboxylic acids is 1. The average molecular weight is 351 g/mol. The summed E-state index contributed by atoms with van der Waals surface area (Å²) >= 11 is 0. The van der Waals surface area contributed by atoms with Crippen molar-refractivity contribution in [3.05, 3.63) is 0 Å². The largest absolute Gasteiger partial charge is 0.477 e. The summed E-state index contributed by atoms with van der Waals surface area (Å²) in [6.45, 7) is -0.787. The van der Waals surface area contributed by atoms with Crippen LogP contribution in [0.15, 0.2) is 0 Å². The van der Waals surface area contributed by atoms with Crippen LogP contribution in [0.5, 0.6) is 0 Å². The van der Waals surface area contributed by atoms with Gasteiger partial charge in [-0.2, -0.15) is 0 Å². The molecule has 1 heterocycles. The van der Waals surface area contributed by atoms with Gasteiger partial charge in [0.15, 0.2) is 0 Å². The molecule has 6 unspecified atom stereocenters. The summed E-state index contributed by atoms with van der Waals surface area (Å²) in [5, 5.41) is 51.1. The molecule has 1 saturated heterocycles. The molecule has 140 valence electrons. The van der Waals surface area contributed by atoms with Crippen LogP contribution >= 0.6 is 0 Å². The lowest BCUT2D eigenvalue weighted by Crippen LogP contribution is -2.61. The van der Waals surface area contributed by atoms with Crippen molar-refractivity contribution in [2.45, 2.75) is 43.0 Å². The van der Waals surface area contributed by atoms with Crippen LogP contribution in [0.3, 0.4) is 0 Å². The fraction of sp³-hybridized carbons (Fsp3) is 0.857. The van der Waals surface area contributed by atoms with Crippen molar-refractivity contribution in [3.63, 3.8) is 0 Å². The summed E-state index contributed by atoms with van der Waals surface area (Å²) in [5.41, 5.74) is 0. The van der Waals surface area contributed by atoms with Crippen molar-refractivity contribution in [2.75, 3.05) is 27.3 Å². The molecule has 0 aliphatic carbocycles. The molecule has 0 radical (unpaired) electrons. The van der Waals surface area contributed by atoms with E-state index in [-0.39, 0.29) is 18.7 Å². The lowest BCUT2D eigenvalue weighted by Gasteiger charge is -2.46. The van der Waals surface area contributed by atoms with Gasteiger partial charge in [-0.1, -0.05) is 0 Å². The van der Waals surface area contributed by atoms with E-state index in [1.807, 2.05) is 0 Å². The Balaban J connectivity index is 3.12. The first-order chi connectivity index (χ1) is 11.2. The molecule has 10 nitrogen and oxygen atoms in total. The van der Waals surface area contributed by atoms with Crippen LogP contribution in [0.25, 0.3) is 0 Å². The minimum absolute atomic E-state index is 0.0168. The number of ketones is 1. The smallest absolute Gasteiger partial charge is 0.364 e. The van der Waals surface area contributed by atoms with Crippen molar-refractivity contribution < 1.29 is 44.6 Å². The highest BCUT2D eigenvalue weighted by Crippen LogP contribution is 2.37. The van der Waals surface area contributed by atoms with Gasteiger partial charge in [-0.3, -0.25) is 4.79 Å². The third-order valence-corrected chi connectivity index (χ3v) is 4.13. The van der Waals surface area contributed by atoms with E-state index in [1.165, 1.54) is 0 Å². The Morgan fingerprint density at radius 1 is 1.42 bits per heavy atom. The van der Waals surface area contributed by atoms with Gasteiger partial charge in [0.1, 0.15) is 18.0 Å². The number of nitrogens with one attached hydrogen (secondary N) is 1. The van der Waals surface area contributed by atoms with E-state index in [2.05, 4.69) is 5.32 Å². The minimum Gasteiger partial charge on any atom is -0.477 e. The third-order valence-electron chi connectivity index (χ3n) is 4.13. The lowest BCUT2D eigenvalue weighted by atomic mass is 9.80. The molecule has 0 aromatic rings. The topological polar surface area (TPSA) is 166 Å². The Labute approximate surface area is 139 Å². The summed E-state index contributed by atoms with van der Waals surface area (Å²) in [6, 6.07) is 0. The Hall–Kier alpha value is -1.14. The van der Waals surface area contributed by atoms with Gasteiger partial charge >= 0.3 is 5.97 Å². The first-order valence-corrected chi connectivity index (χ1v) is 7.50. The standard InChI is InChI=1S/C14H25NO9/c1-15-5-7(17)3-8-9(18)4-14(23-2,13(21)22)24-12(8)11(20)10(19)6-16/h8-12,15-16,18-20H,3-6H2,1-2H3,(H,21,22). The number of hydrogen-bond donors (Lipinski definition) is 6. The second kappa shape index (κ2) is 8.81. The van der Waals surface area contributed by atoms with Crippen molar-refractivity contribution in [3.8, 4) is 0 Å². The van der Waals surface area contributed by atoms with Gasteiger partial charge in [0.05, 0.1) is 25.4 Å². The fourth-order valence-corrected chi connectivity index (χ4v) is 2.79. The number of Topliss-reactive ketones (excluding diaryl/α,β-unsaturated/α-hetero) is 1. The van der Waals surface area contributed by atoms with Gasteiger partial charge in [0, 0.05) is 25.9 Å². The second-order valence-corrected chi connectivity index (χ2v) is 5.79. The number of aliphatic hydroxyl groups is 4. The van der Waals surface area contributed by atoms with Crippen molar-refractivity contribution in [1.82, 2.24) is 5.32 Å². The zero-order chi connectivity index (χ0) is 18.5. The number of carboxylic acid groups (broad SMARTS) is 1. The molecule has 0 spiro atoms. The van der Waals surface area contributed by atoms with Gasteiger partial charge < -0.3 is 40.3 Å². The number of likely N-dealkylation sites (N-methyl/N-ethyl adjacent to an activating group) is 1. The molecule has 1 rings (SSSR count). The van der Waals surface area contributed by atoms with Gasteiger partial charge in [-0.05, 0) is 7.05 Å². The average Bonchev–Trinajstić information content (AvgIpc) is 2.55. The van der Waals surface area contributed by atoms with Crippen molar-refractivity contribution in [1.29, 1.82) is 0 Å². The zero-order valence-corrected chi connectivity index (χ0v) is 13.6. The number of aliphatic hydroxyl groups excluding tert-OH is 4. The molecule has 1 fully saturated rings. The molecular weight excluding hydrogens is 326 g/mol. The highest BCUT2D eigenvalue weighted by atomic mass is 16.7. The molecule has 10 heteroatoms. The molecule has 0 saturated carbocycles. The molecular formula is C14H25NO9. The highest BCUT2D eigenvalue weighted by Gasteiger charge is 2.55. The number of rotatable bonds is 9. The van der Waals surface area contributed by atoms with E-state index in [0.29, 0.717) is 0 Å². The van der Waals surface area contributed by atoms with Crippen LogP contribution in [-0.4, -0.2) is 94.8 Å². The number of hydrogen-bond acceptors (Lipinski definition) is 9. The quantitative estimate of drug-likeness (QED) is 0.253. The van der Waals surface area contributed by atoms with Gasteiger partial charge in [0.25, 0.3) is 5.79 Å². The molecule has 0 aromatic carbocycles. The number of carbonyl (C=O) groups is 2. The Kier molecular flexibility index (Phi) is 7.67. The predicted molar refractivity (Wildman–Crippen MR) is 79.0 cm³/mol. The van der Waals surface area contributed by atoms with Gasteiger partial charge in [-0.25, -0.2) is 4.79 Å². The Bertz CT molecular complexity index is 446. The predicted octanol–water partition coefficient (Wildman–Crippen LogP) is -2.93. The minimum atomic E-state index is -2.22. The van der Waals surface area contributed by atoms with Gasteiger partial charge in [-0.15, -0.1) is 0 Å². The van der Waals surface area contributed by atoms with E-state index < -0.39 is 55.1 Å². The molecule has 1 aliphatic heterocycles. The molecule has 1 aliphatic rings. The summed E-state index contributed by atoms with van der Waals surface area (Å²) in [6.07, 6.45) is -6.76. The maximum absolute atomic E-state index is 11.9. The first-order valence-electron chi connectivity index (χ1n) is 7.50. The summed E-state index contributed by atoms with van der Waals surface area (Å²) in [4.78, 5) is 23.3. The van der Waals surface area contributed by atoms with Crippen molar-refractivity contribution in [2.24, 2.45) is 5.92 Å². The molecule has 0 amide bonds. The van der Waals surface area contributed by atoms with E-state index in [9.17, 15) is 30.0 Å². The van der Waals surface area contributed by atoms with Crippen LogP contribution in [0.4, 0.5) is 0 Å². The molecule has 6 N–H and O–H groups in total. The molecule has 0 aromatic heterocycles. The monoisotopic (exact) mass is 351 g/mol. The molecule has 24 heavy (non-hydrogen) atoms. The third kappa shape index (κ3) is 4.48. The van der Waals surface area contributed by atoms with Crippen LogP contribution in [0.1, 0.15) is 12.8 Å².